The van der Waals surface area contributed by atoms with Crippen molar-refractivity contribution in [3.05, 3.63) is 0 Å². The molecule has 3 heteroatoms. The topological polar surface area (TPSA) is 29.1 Å². The van der Waals surface area contributed by atoms with Gasteiger partial charge < -0.3 is 5.32 Å². The van der Waals surface area contributed by atoms with E-state index in [1.807, 2.05) is 11.8 Å². The fraction of sp³-hybridized carbons (Fsp3) is 0.833. The van der Waals surface area contributed by atoms with Gasteiger partial charge in [0.15, 0.2) is 0 Å². The molecule has 0 saturated carbocycles. The van der Waals surface area contributed by atoms with Crippen LogP contribution in [-0.2, 0) is 4.79 Å². The summed E-state index contributed by atoms with van der Waals surface area (Å²) in [7, 11) is 0. The van der Waals surface area contributed by atoms with E-state index in [-0.39, 0.29) is 7.33 Å². The van der Waals surface area contributed by atoms with Crippen LogP contribution < -0.4 is 5.32 Å². The van der Waals surface area contributed by atoms with E-state index >= 15 is 0 Å². The van der Waals surface area contributed by atoms with Gasteiger partial charge in [-0.3, -0.25) is 4.79 Å². The summed E-state index contributed by atoms with van der Waals surface area (Å²) in [5.41, 5.74) is 0. The molecule has 1 amide bonds. The average molecular weight is 147 g/mol. The summed E-state index contributed by atoms with van der Waals surface area (Å²) in [6, 6.07) is 0. The maximum absolute atomic E-state index is 10.4. The molecule has 1 atom stereocenters. The lowest BCUT2D eigenvalue weighted by atomic mass is 10.3. The van der Waals surface area contributed by atoms with Gasteiger partial charge in [-0.15, -0.1) is 0 Å². The molecule has 0 aliphatic carbocycles. The van der Waals surface area contributed by atoms with Gasteiger partial charge in [0.05, 0.1) is 0 Å². The SMILES string of the molecule is CC(=O)NCC1CCS1.[HH]. The summed E-state index contributed by atoms with van der Waals surface area (Å²) in [5.74, 6) is 1.35. The fourth-order valence-corrected chi connectivity index (χ4v) is 1.47. The van der Waals surface area contributed by atoms with Crippen molar-refractivity contribution < 1.29 is 6.22 Å². The second kappa shape index (κ2) is 3.11. The standard InChI is InChI=1S/C6H11NOS.H2/c1-5(8)7-4-6-2-3-9-6;/h6H,2-4H2,1H3,(H,7,8);1H. The Hall–Kier alpha value is -0.180. The smallest absolute Gasteiger partial charge is 0.216 e. The molecule has 54 valence electrons. The van der Waals surface area contributed by atoms with Gasteiger partial charge in [-0.2, -0.15) is 11.8 Å². The number of nitrogens with one attached hydrogen (secondary N) is 1. The second-order valence-corrected chi connectivity index (χ2v) is 3.63. The zero-order valence-electron chi connectivity index (χ0n) is 5.52. The average Bonchev–Trinajstić information content (AvgIpc) is 1.60. The van der Waals surface area contributed by atoms with Crippen molar-refractivity contribution in [2.75, 3.05) is 12.3 Å². The predicted octanol–water partition coefficient (Wildman–Crippen LogP) is 0.874. The van der Waals surface area contributed by atoms with Crippen LogP contribution in [0.2, 0.25) is 0 Å². The van der Waals surface area contributed by atoms with Gasteiger partial charge in [-0.25, -0.2) is 0 Å². The fourth-order valence-electron chi connectivity index (χ4n) is 0.703. The number of amides is 1. The molecule has 1 aliphatic rings. The van der Waals surface area contributed by atoms with Crippen LogP contribution in [0, 0.1) is 0 Å². The van der Waals surface area contributed by atoms with Crippen molar-refractivity contribution in [3.63, 3.8) is 0 Å². The number of thioether (sulfide) groups is 1. The number of carbonyl (C=O) groups is 1. The highest BCUT2D eigenvalue weighted by atomic mass is 32.2. The van der Waals surface area contributed by atoms with Crippen LogP contribution >= 0.6 is 11.8 Å². The van der Waals surface area contributed by atoms with Crippen LogP contribution in [0.15, 0.2) is 0 Å². The Labute approximate surface area is 60.9 Å². The van der Waals surface area contributed by atoms with Crippen LogP contribution in [0.3, 0.4) is 0 Å². The molecule has 0 spiro atoms. The lowest BCUT2D eigenvalue weighted by Crippen LogP contribution is -2.32. The van der Waals surface area contributed by atoms with Gasteiger partial charge in [-0.1, -0.05) is 0 Å². The third-order valence-corrected chi connectivity index (χ3v) is 2.72. The normalized spacial score (nSPS) is 24.8. The maximum Gasteiger partial charge on any atom is 0.216 e. The number of hydrogen-bond donors (Lipinski definition) is 1. The van der Waals surface area contributed by atoms with Crippen molar-refractivity contribution in [2.45, 2.75) is 18.6 Å². The third-order valence-electron chi connectivity index (χ3n) is 1.37. The first-order valence-electron chi connectivity index (χ1n) is 3.15. The molecule has 1 unspecified atom stereocenters. The monoisotopic (exact) mass is 147 g/mol. The molecule has 0 aromatic carbocycles. The number of hydrogen-bond acceptors (Lipinski definition) is 2. The molecule has 9 heavy (non-hydrogen) atoms. The summed E-state index contributed by atoms with van der Waals surface area (Å²) >= 11 is 1.93. The molecule has 1 fully saturated rings. The summed E-state index contributed by atoms with van der Waals surface area (Å²) in [5, 5.41) is 3.49. The molecule has 0 aromatic heterocycles. The van der Waals surface area contributed by atoms with Crippen LogP contribution in [0.25, 0.3) is 0 Å². The lowest BCUT2D eigenvalue weighted by Gasteiger charge is -2.24. The largest absolute Gasteiger partial charge is 0.355 e. The zero-order chi connectivity index (χ0) is 6.69. The molecule has 1 aliphatic heterocycles. The number of rotatable bonds is 2. The molecule has 0 bridgehead atoms. The molecule has 2 nitrogen and oxygen atoms in total. The van der Waals surface area contributed by atoms with Crippen molar-refractivity contribution >= 4 is 17.7 Å². The third kappa shape index (κ3) is 2.26. The first-order valence-corrected chi connectivity index (χ1v) is 4.20. The minimum absolute atomic E-state index is 0. The summed E-state index contributed by atoms with van der Waals surface area (Å²) in [4.78, 5) is 10.4. The molecule has 0 aromatic rings. The highest BCUT2D eigenvalue weighted by Crippen LogP contribution is 2.26. The van der Waals surface area contributed by atoms with Crippen molar-refractivity contribution in [1.82, 2.24) is 5.32 Å². The highest BCUT2D eigenvalue weighted by molar-refractivity contribution is 8.01. The Morgan fingerprint density at radius 2 is 2.67 bits per heavy atom. The second-order valence-electron chi connectivity index (χ2n) is 2.22. The minimum atomic E-state index is 0. The Bertz CT molecular complexity index is 116. The van der Waals surface area contributed by atoms with Gasteiger partial charge in [0, 0.05) is 20.1 Å². The van der Waals surface area contributed by atoms with E-state index in [4.69, 9.17) is 0 Å². The molecule has 1 heterocycles. The van der Waals surface area contributed by atoms with E-state index in [1.165, 1.54) is 12.2 Å². The van der Waals surface area contributed by atoms with Gasteiger partial charge in [0.1, 0.15) is 0 Å². The van der Waals surface area contributed by atoms with Crippen molar-refractivity contribution in [2.24, 2.45) is 0 Å². The van der Waals surface area contributed by atoms with Crippen LogP contribution in [-0.4, -0.2) is 23.5 Å². The summed E-state index contributed by atoms with van der Waals surface area (Å²) in [6.07, 6.45) is 1.27. The predicted molar refractivity (Wildman–Crippen MR) is 41.7 cm³/mol. The maximum atomic E-state index is 10.4. The summed E-state index contributed by atoms with van der Waals surface area (Å²) < 4.78 is 0. The van der Waals surface area contributed by atoms with Gasteiger partial charge >= 0.3 is 0 Å². The molecule has 1 N–H and O–H groups in total. The first kappa shape index (κ1) is 6.93. The molecule has 1 saturated heterocycles. The Balaban J connectivity index is 0.000000810. The van der Waals surface area contributed by atoms with E-state index < -0.39 is 0 Å². The molecule has 1 rings (SSSR count). The van der Waals surface area contributed by atoms with Gasteiger partial charge in [0.2, 0.25) is 5.91 Å². The Morgan fingerprint density at radius 3 is 3.00 bits per heavy atom. The van der Waals surface area contributed by atoms with Crippen LogP contribution in [0.1, 0.15) is 14.8 Å². The Kier molecular flexibility index (Phi) is 2.39. The van der Waals surface area contributed by atoms with E-state index in [2.05, 4.69) is 5.32 Å². The van der Waals surface area contributed by atoms with E-state index in [9.17, 15) is 4.79 Å². The van der Waals surface area contributed by atoms with Crippen molar-refractivity contribution in [1.29, 1.82) is 0 Å². The van der Waals surface area contributed by atoms with E-state index in [1.54, 1.807) is 6.92 Å². The molecular weight excluding hydrogens is 134 g/mol. The van der Waals surface area contributed by atoms with E-state index in [0.29, 0.717) is 5.25 Å². The highest BCUT2D eigenvalue weighted by Gasteiger charge is 2.17. The first-order chi connectivity index (χ1) is 4.29. The van der Waals surface area contributed by atoms with Gasteiger partial charge in [-0.05, 0) is 12.2 Å². The van der Waals surface area contributed by atoms with Crippen LogP contribution in [0.4, 0.5) is 0 Å². The van der Waals surface area contributed by atoms with E-state index in [0.717, 1.165) is 6.54 Å². The molecule has 0 radical (unpaired) electrons. The molecular formula is C6H13NOS. The minimum Gasteiger partial charge on any atom is -0.355 e. The van der Waals surface area contributed by atoms with Crippen molar-refractivity contribution in [3.8, 4) is 0 Å². The lowest BCUT2D eigenvalue weighted by molar-refractivity contribution is -0.118. The summed E-state index contributed by atoms with van der Waals surface area (Å²) in [6.45, 7) is 2.42. The zero-order valence-corrected chi connectivity index (χ0v) is 6.33. The number of carbonyl (C=O) groups excluding carboxylic acids is 1. The van der Waals surface area contributed by atoms with Crippen LogP contribution in [0.5, 0.6) is 0 Å². The quantitative estimate of drug-likeness (QED) is 0.628. The Morgan fingerprint density at radius 1 is 2.00 bits per heavy atom. The van der Waals surface area contributed by atoms with Gasteiger partial charge in [0.25, 0.3) is 0 Å².